The standard InChI is InChI=1S/C12H21N5O/c1-8(2)10-15-11(17-16-10)12(18)14-7-5-9-4-3-6-13-9/h8-9,13H,3-7H2,1-2H3,(H,14,18)(H,15,16,17). The maximum absolute atomic E-state index is 11.8. The second-order valence-corrected chi connectivity index (χ2v) is 5.04. The van der Waals surface area contributed by atoms with Crippen molar-refractivity contribution in [1.82, 2.24) is 25.8 Å². The SMILES string of the molecule is CC(C)c1nc(C(=O)NCCC2CCCN2)n[nH]1. The molecule has 1 aromatic rings. The Bertz CT molecular complexity index is 395. The molecule has 6 heteroatoms. The van der Waals surface area contributed by atoms with Gasteiger partial charge in [-0.05, 0) is 25.8 Å². The Balaban J connectivity index is 1.76. The highest BCUT2D eigenvalue weighted by Gasteiger charge is 2.16. The maximum atomic E-state index is 11.8. The van der Waals surface area contributed by atoms with E-state index in [1.165, 1.54) is 12.8 Å². The summed E-state index contributed by atoms with van der Waals surface area (Å²) in [4.78, 5) is 15.9. The van der Waals surface area contributed by atoms with Crippen molar-refractivity contribution in [3.63, 3.8) is 0 Å². The van der Waals surface area contributed by atoms with Crippen LogP contribution in [-0.2, 0) is 0 Å². The van der Waals surface area contributed by atoms with Crippen LogP contribution in [0.15, 0.2) is 0 Å². The largest absolute Gasteiger partial charge is 0.349 e. The molecule has 1 aliphatic heterocycles. The van der Waals surface area contributed by atoms with Crippen molar-refractivity contribution in [2.45, 2.75) is 45.1 Å². The van der Waals surface area contributed by atoms with Crippen molar-refractivity contribution in [2.24, 2.45) is 0 Å². The fourth-order valence-corrected chi connectivity index (χ4v) is 2.08. The summed E-state index contributed by atoms with van der Waals surface area (Å²) in [5, 5.41) is 13.0. The Morgan fingerprint density at radius 1 is 1.56 bits per heavy atom. The first-order chi connectivity index (χ1) is 8.66. The molecule has 2 rings (SSSR count). The van der Waals surface area contributed by atoms with Gasteiger partial charge in [0.25, 0.3) is 5.91 Å². The van der Waals surface area contributed by atoms with E-state index in [2.05, 4.69) is 25.8 Å². The number of hydrogen-bond donors (Lipinski definition) is 3. The Labute approximate surface area is 107 Å². The molecule has 18 heavy (non-hydrogen) atoms. The third-order valence-electron chi connectivity index (χ3n) is 3.19. The molecule has 1 atom stereocenters. The number of aromatic amines is 1. The zero-order chi connectivity index (χ0) is 13.0. The van der Waals surface area contributed by atoms with Crippen LogP contribution in [0.4, 0.5) is 0 Å². The Morgan fingerprint density at radius 3 is 3.00 bits per heavy atom. The van der Waals surface area contributed by atoms with Gasteiger partial charge in [0.05, 0.1) is 0 Å². The summed E-state index contributed by atoms with van der Waals surface area (Å²) in [6.07, 6.45) is 3.40. The summed E-state index contributed by atoms with van der Waals surface area (Å²) in [6, 6.07) is 0.545. The number of H-pyrrole nitrogens is 1. The fourth-order valence-electron chi connectivity index (χ4n) is 2.08. The highest BCUT2D eigenvalue weighted by Crippen LogP contribution is 2.08. The van der Waals surface area contributed by atoms with Crippen LogP contribution in [0.3, 0.4) is 0 Å². The van der Waals surface area contributed by atoms with Crippen molar-refractivity contribution in [1.29, 1.82) is 0 Å². The third kappa shape index (κ3) is 3.29. The van der Waals surface area contributed by atoms with Crippen molar-refractivity contribution in [3.05, 3.63) is 11.6 Å². The van der Waals surface area contributed by atoms with E-state index in [4.69, 9.17) is 0 Å². The van der Waals surface area contributed by atoms with E-state index in [0.29, 0.717) is 12.6 Å². The van der Waals surface area contributed by atoms with Gasteiger partial charge >= 0.3 is 0 Å². The van der Waals surface area contributed by atoms with Gasteiger partial charge in [0, 0.05) is 18.5 Å². The molecule has 0 spiro atoms. The van der Waals surface area contributed by atoms with E-state index in [-0.39, 0.29) is 17.6 Å². The van der Waals surface area contributed by atoms with Gasteiger partial charge in [0.2, 0.25) is 5.82 Å². The molecule has 1 unspecified atom stereocenters. The summed E-state index contributed by atoms with van der Waals surface area (Å²) >= 11 is 0. The molecule has 6 nitrogen and oxygen atoms in total. The number of amides is 1. The van der Waals surface area contributed by atoms with E-state index in [0.717, 1.165) is 18.8 Å². The summed E-state index contributed by atoms with van der Waals surface area (Å²) in [6.45, 7) is 5.78. The van der Waals surface area contributed by atoms with Gasteiger partial charge in [-0.3, -0.25) is 9.89 Å². The number of carbonyl (C=O) groups excluding carboxylic acids is 1. The van der Waals surface area contributed by atoms with Gasteiger partial charge in [-0.15, -0.1) is 5.10 Å². The number of hydrogen-bond acceptors (Lipinski definition) is 4. The summed E-state index contributed by atoms with van der Waals surface area (Å²) in [5.74, 6) is 1.04. The Kier molecular flexibility index (Phi) is 4.30. The van der Waals surface area contributed by atoms with Crippen LogP contribution in [0.1, 0.15) is 55.5 Å². The molecule has 0 aliphatic carbocycles. The van der Waals surface area contributed by atoms with Gasteiger partial charge in [0.15, 0.2) is 0 Å². The lowest BCUT2D eigenvalue weighted by molar-refractivity contribution is 0.0942. The van der Waals surface area contributed by atoms with E-state index >= 15 is 0 Å². The normalized spacial score (nSPS) is 19.4. The molecule has 3 N–H and O–H groups in total. The summed E-state index contributed by atoms with van der Waals surface area (Å²) < 4.78 is 0. The number of nitrogens with zero attached hydrogens (tertiary/aromatic N) is 2. The monoisotopic (exact) mass is 251 g/mol. The van der Waals surface area contributed by atoms with E-state index < -0.39 is 0 Å². The van der Waals surface area contributed by atoms with Gasteiger partial charge in [-0.1, -0.05) is 13.8 Å². The third-order valence-corrected chi connectivity index (χ3v) is 3.19. The van der Waals surface area contributed by atoms with Crippen molar-refractivity contribution >= 4 is 5.91 Å². The first kappa shape index (κ1) is 13.0. The first-order valence-corrected chi connectivity index (χ1v) is 6.60. The van der Waals surface area contributed by atoms with Crippen molar-refractivity contribution in [3.8, 4) is 0 Å². The number of nitrogens with one attached hydrogen (secondary N) is 3. The lowest BCUT2D eigenvalue weighted by Gasteiger charge is -2.09. The van der Waals surface area contributed by atoms with Crippen LogP contribution in [0.5, 0.6) is 0 Å². The van der Waals surface area contributed by atoms with Crippen LogP contribution in [0.25, 0.3) is 0 Å². The average molecular weight is 251 g/mol. The van der Waals surface area contributed by atoms with Gasteiger partial charge < -0.3 is 10.6 Å². The number of rotatable bonds is 5. The van der Waals surface area contributed by atoms with Crippen LogP contribution in [0.2, 0.25) is 0 Å². The topological polar surface area (TPSA) is 82.7 Å². The maximum Gasteiger partial charge on any atom is 0.290 e. The van der Waals surface area contributed by atoms with Crippen molar-refractivity contribution < 1.29 is 4.79 Å². The average Bonchev–Trinajstić information content (AvgIpc) is 2.99. The van der Waals surface area contributed by atoms with Crippen LogP contribution >= 0.6 is 0 Å². The molecule has 1 aromatic heterocycles. The quantitative estimate of drug-likeness (QED) is 0.723. The molecule has 1 aliphatic rings. The minimum Gasteiger partial charge on any atom is -0.349 e. The molecule has 0 aromatic carbocycles. The molecule has 0 radical (unpaired) electrons. The van der Waals surface area contributed by atoms with E-state index in [1.54, 1.807) is 0 Å². The summed E-state index contributed by atoms with van der Waals surface area (Å²) in [5.41, 5.74) is 0. The van der Waals surface area contributed by atoms with Gasteiger partial charge in [0.1, 0.15) is 5.82 Å². The Hall–Kier alpha value is -1.43. The molecule has 0 bridgehead atoms. The summed E-state index contributed by atoms with van der Waals surface area (Å²) in [7, 11) is 0. The highest BCUT2D eigenvalue weighted by molar-refractivity contribution is 5.90. The second kappa shape index (κ2) is 5.95. The van der Waals surface area contributed by atoms with Gasteiger partial charge in [-0.25, -0.2) is 4.98 Å². The smallest absolute Gasteiger partial charge is 0.290 e. The number of carbonyl (C=O) groups is 1. The molecule has 1 amide bonds. The zero-order valence-corrected chi connectivity index (χ0v) is 11.0. The van der Waals surface area contributed by atoms with Crippen molar-refractivity contribution in [2.75, 3.05) is 13.1 Å². The number of aromatic nitrogens is 3. The molecule has 2 heterocycles. The van der Waals surface area contributed by atoms with Crippen LogP contribution in [-0.4, -0.2) is 40.2 Å². The van der Waals surface area contributed by atoms with E-state index in [9.17, 15) is 4.79 Å². The predicted molar refractivity (Wildman–Crippen MR) is 68.4 cm³/mol. The second-order valence-electron chi connectivity index (χ2n) is 5.04. The molecular weight excluding hydrogens is 230 g/mol. The molecule has 1 saturated heterocycles. The van der Waals surface area contributed by atoms with Crippen LogP contribution in [0, 0.1) is 0 Å². The lowest BCUT2D eigenvalue weighted by atomic mass is 10.1. The van der Waals surface area contributed by atoms with Gasteiger partial charge in [-0.2, -0.15) is 0 Å². The molecular formula is C12H21N5O. The molecule has 0 saturated carbocycles. The molecule has 1 fully saturated rings. The Morgan fingerprint density at radius 2 is 2.39 bits per heavy atom. The van der Waals surface area contributed by atoms with E-state index in [1.807, 2.05) is 13.8 Å². The zero-order valence-electron chi connectivity index (χ0n) is 11.0. The lowest BCUT2D eigenvalue weighted by Crippen LogP contribution is -2.31. The molecule has 100 valence electrons. The highest BCUT2D eigenvalue weighted by atomic mass is 16.2. The fraction of sp³-hybridized carbons (Fsp3) is 0.750. The van der Waals surface area contributed by atoms with Crippen LogP contribution < -0.4 is 10.6 Å². The predicted octanol–water partition coefficient (Wildman–Crippen LogP) is 0.800. The minimum absolute atomic E-state index is 0.198. The first-order valence-electron chi connectivity index (χ1n) is 6.60. The minimum atomic E-state index is -0.198.